The molecule has 0 amide bonds. The lowest BCUT2D eigenvalue weighted by Gasteiger charge is -2.21. The average Bonchev–Trinajstić information content (AvgIpc) is 2.52. The van der Waals surface area contributed by atoms with Crippen molar-refractivity contribution in [3.8, 4) is 5.75 Å². The van der Waals surface area contributed by atoms with E-state index in [0.717, 1.165) is 11.3 Å². The van der Waals surface area contributed by atoms with Crippen molar-refractivity contribution in [2.45, 2.75) is 53.2 Å². The Morgan fingerprint density at radius 2 is 1.89 bits per heavy atom. The molecule has 0 atom stereocenters. The summed E-state index contributed by atoms with van der Waals surface area (Å²) in [4.78, 5) is 4.30. The van der Waals surface area contributed by atoms with Gasteiger partial charge in [-0.2, -0.15) is 0 Å². The van der Waals surface area contributed by atoms with Crippen molar-refractivity contribution in [1.82, 2.24) is 9.55 Å². The van der Waals surface area contributed by atoms with Crippen LogP contribution < -0.4 is 4.74 Å². The van der Waals surface area contributed by atoms with Crippen LogP contribution in [0.15, 0.2) is 12.1 Å². The van der Waals surface area contributed by atoms with Crippen LogP contribution in [-0.2, 0) is 0 Å². The number of aryl methyl sites for hydroxylation is 1. The van der Waals surface area contributed by atoms with Gasteiger partial charge in [-0.25, -0.2) is 9.37 Å². The number of halogens is 1. The zero-order valence-electron chi connectivity index (χ0n) is 12.4. The summed E-state index contributed by atoms with van der Waals surface area (Å²) in [5.41, 5.74) is 0.844. The van der Waals surface area contributed by atoms with Crippen LogP contribution in [0, 0.1) is 12.7 Å². The Morgan fingerprint density at radius 1 is 1.26 bits per heavy atom. The van der Waals surface area contributed by atoms with Gasteiger partial charge >= 0.3 is 0 Å². The molecule has 0 saturated heterocycles. The molecule has 19 heavy (non-hydrogen) atoms. The van der Waals surface area contributed by atoms with Crippen LogP contribution in [0.25, 0.3) is 11.0 Å². The lowest BCUT2D eigenvalue weighted by molar-refractivity contribution is 0.130. The molecule has 0 N–H and O–H groups in total. The van der Waals surface area contributed by atoms with E-state index in [1.54, 1.807) is 0 Å². The Bertz CT molecular complexity index is 609. The molecular formula is C15H21FN2O. The minimum Gasteiger partial charge on any atom is -0.488 e. The van der Waals surface area contributed by atoms with E-state index in [1.165, 1.54) is 6.07 Å². The number of hydrogen-bond donors (Lipinski definition) is 0. The van der Waals surface area contributed by atoms with Gasteiger partial charge in [-0.15, -0.1) is 0 Å². The lowest BCUT2D eigenvalue weighted by atomic mass is 10.2. The average molecular weight is 264 g/mol. The Kier molecular flexibility index (Phi) is 3.29. The van der Waals surface area contributed by atoms with Crippen LogP contribution in [0.1, 0.15) is 46.5 Å². The van der Waals surface area contributed by atoms with Gasteiger partial charge in [-0.3, -0.25) is 0 Å². The second-order valence-corrected chi connectivity index (χ2v) is 6.11. The molecule has 0 unspecified atom stereocenters. The first-order chi connectivity index (χ1) is 8.69. The molecule has 2 rings (SSSR count). The van der Waals surface area contributed by atoms with E-state index in [-0.39, 0.29) is 17.5 Å². The van der Waals surface area contributed by atoms with Gasteiger partial charge in [0.2, 0.25) is 0 Å². The van der Waals surface area contributed by atoms with Crippen LogP contribution >= 0.6 is 0 Å². The molecule has 1 heterocycles. The molecule has 4 heteroatoms. The van der Waals surface area contributed by atoms with Crippen molar-refractivity contribution in [2.75, 3.05) is 0 Å². The predicted molar refractivity (Wildman–Crippen MR) is 75.2 cm³/mol. The highest BCUT2D eigenvalue weighted by molar-refractivity contribution is 5.78. The topological polar surface area (TPSA) is 27.1 Å². The fourth-order valence-electron chi connectivity index (χ4n) is 2.31. The summed E-state index contributed by atoms with van der Waals surface area (Å²) >= 11 is 0. The molecular weight excluding hydrogens is 243 g/mol. The van der Waals surface area contributed by atoms with E-state index >= 15 is 0 Å². The first-order valence-electron chi connectivity index (χ1n) is 6.56. The van der Waals surface area contributed by atoms with Gasteiger partial charge in [0.05, 0.1) is 5.52 Å². The molecule has 0 fully saturated rings. The predicted octanol–water partition coefficient (Wildman–Crippen LogP) is 4.24. The maximum atomic E-state index is 14.1. The Hall–Kier alpha value is -1.58. The summed E-state index contributed by atoms with van der Waals surface area (Å²) in [7, 11) is 0. The normalized spacial score (nSPS) is 12.4. The zero-order chi connectivity index (χ0) is 14.4. The van der Waals surface area contributed by atoms with E-state index < -0.39 is 0 Å². The summed E-state index contributed by atoms with van der Waals surface area (Å²) in [5, 5.41) is 0. The number of fused-ring (bicyclic) bond motifs is 1. The maximum absolute atomic E-state index is 14.1. The summed E-state index contributed by atoms with van der Waals surface area (Å²) in [6.07, 6.45) is 0. The van der Waals surface area contributed by atoms with Gasteiger partial charge in [0.15, 0.2) is 5.82 Å². The molecule has 2 aromatic rings. The summed E-state index contributed by atoms with van der Waals surface area (Å²) < 4.78 is 21.9. The monoisotopic (exact) mass is 264 g/mol. The summed E-state index contributed by atoms with van der Waals surface area (Å²) in [5.74, 6) is 1.02. The molecule has 0 radical (unpaired) electrons. The van der Waals surface area contributed by atoms with Crippen LogP contribution in [0.2, 0.25) is 0 Å². The minimum atomic E-state index is -0.349. The van der Waals surface area contributed by atoms with Gasteiger partial charge < -0.3 is 9.30 Å². The zero-order valence-corrected chi connectivity index (χ0v) is 12.4. The number of imidazole rings is 1. The smallest absolute Gasteiger partial charge is 0.154 e. The van der Waals surface area contributed by atoms with Crippen molar-refractivity contribution < 1.29 is 9.13 Å². The van der Waals surface area contributed by atoms with E-state index in [2.05, 4.69) is 18.8 Å². The third-order valence-electron chi connectivity index (χ3n) is 2.84. The van der Waals surface area contributed by atoms with Gasteiger partial charge in [0.1, 0.15) is 22.7 Å². The van der Waals surface area contributed by atoms with Crippen LogP contribution in [0.4, 0.5) is 4.39 Å². The molecule has 1 aromatic carbocycles. The SMILES string of the molecule is Cc1nc2c(F)cc(OC(C)(C)C)cc2n1C(C)C. The van der Waals surface area contributed by atoms with Crippen molar-refractivity contribution in [1.29, 1.82) is 0 Å². The number of aromatic nitrogens is 2. The van der Waals surface area contributed by atoms with E-state index in [1.807, 2.05) is 38.3 Å². The second-order valence-electron chi connectivity index (χ2n) is 6.11. The molecule has 0 aliphatic heterocycles. The molecule has 0 saturated carbocycles. The first-order valence-corrected chi connectivity index (χ1v) is 6.56. The van der Waals surface area contributed by atoms with E-state index in [4.69, 9.17) is 4.74 Å². The van der Waals surface area contributed by atoms with Gasteiger partial charge in [0.25, 0.3) is 0 Å². The van der Waals surface area contributed by atoms with E-state index in [9.17, 15) is 4.39 Å². The molecule has 1 aromatic heterocycles. The number of benzene rings is 1. The molecule has 0 aliphatic rings. The molecule has 0 bridgehead atoms. The molecule has 3 nitrogen and oxygen atoms in total. The fraction of sp³-hybridized carbons (Fsp3) is 0.533. The molecule has 0 aliphatic carbocycles. The van der Waals surface area contributed by atoms with Crippen LogP contribution in [0.5, 0.6) is 5.75 Å². The Morgan fingerprint density at radius 3 is 2.42 bits per heavy atom. The standard InChI is InChI=1S/C15H21FN2O/c1-9(2)18-10(3)17-14-12(16)7-11(8-13(14)18)19-15(4,5)6/h7-9H,1-6H3. The number of hydrogen-bond acceptors (Lipinski definition) is 2. The van der Waals surface area contributed by atoms with Gasteiger partial charge in [0, 0.05) is 18.2 Å². The minimum absolute atomic E-state index is 0.231. The van der Waals surface area contributed by atoms with E-state index in [0.29, 0.717) is 11.3 Å². The quantitative estimate of drug-likeness (QED) is 0.811. The van der Waals surface area contributed by atoms with Gasteiger partial charge in [-0.05, 0) is 41.5 Å². The summed E-state index contributed by atoms with van der Waals surface area (Å²) in [6.45, 7) is 11.8. The highest BCUT2D eigenvalue weighted by Crippen LogP contribution is 2.29. The van der Waals surface area contributed by atoms with Crippen LogP contribution in [-0.4, -0.2) is 15.2 Å². The highest BCUT2D eigenvalue weighted by Gasteiger charge is 2.18. The maximum Gasteiger partial charge on any atom is 0.154 e. The third-order valence-corrected chi connectivity index (χ3v) is 2.84. The molecule has 0 spiro atoms. The number of ether oxygens (including phenoxy) is 1. The number of rotatable bonds is 2. The van der Waals surface area contributed by atoms with Crippen molar-refractivity contribution in [3.05, 3.63) is 23.8 Å². The first kappa shape index (κ1) is 13.8. The van der Waals surface area contributed by atoms with Crippen molar-refractivity contribution in [3.63, 3.8) is 0 Å². The van der Waals surface area contributed by atoms with Crippen molar-refractivity contribution >= 4 is 11.0 Å². The van der Waals surface area contributed by atoms with Crippen LogP contribution in [0.3, 0.4) is 0 Å². The van der Waals surface area contributed by atoms with Crippen molar-refractivity contribution in [2.24, 2.45) is 0 Å². The molecule has 104 valence electrons. The summed E-state index contributed by atoms with van der Waals surface area (Å²) in [6, 6.07) is 3.50. The fourth-order valence-corrected chi connectivity index (χ4v) is 2.31. The lowest BCUT2D eigenvalue weighted by Crippen LogP contribution is -2.23. The number of nitrogens with zero attached hydrogens (tertiary/aromatic N) is 2. The third kappa shape index (κ3) is 2.72. The second kappa shape index (κ2) is 4.51. The largest absolute Gasteiger partial charge is 0.488 e. The highest BCUT2D eigenvalue weighted by atomic mass is 19.1. The van der Waals surface area contributed by atoms with Gasteiger partial charge in [-0.1, -0.05) is 0 Å². The Balaban J connectivity index is 2.63. The Labute approximate surface area is 113 Å².